The lowest BCUT2D eigenvalue weighted by molar-refractivity contribution is -0.137. The van der Waals surface area contributed by atoms with E-state index < -0.39 is 28.0 Å². The number of hydrogen-bond acceptors (Lipinski definition) is 5. The van der Waals surface area contributed by atoms with E-state index in [0.29, 0.717) is 11.1 Å². The Bertz CT molecular complexity index is 1430. The largest absolute Gasteiger partial charge is 0.480 e. The minimum absolute atomic E-state index is 0.0723. The van der Waals surface area contributed by atoms with Crippen molar-refractivity contribution in [1.82, 2.24) is 14.3 Å². The van der Waals surface area contributed by atoms with Gasteiger partial charge in [-0.15, -0.1) is 5.10 Å². The molecule has 0 amide bonds. The molecule has 0 aliphatic carbocycles. The predicted octanol–water partition coefficient (Wildman–Crippen LogP) is 2.68. The van der Waals surface area contributed by atoms with Gasteiger partial charge >= 0.3 is 11.7 Å². The van der Waals surface area contributed by atoms with Gasteiger partial charge in [-0.3, -0.25) is 9.36 Å². The molecule has 1 aromatic heterocycles. The Morgan fingerprint density at radius 1 is 0.875 bits per heavy atom. The number of sulfone groups is 1. The molecule has 4 aromatic rings. The fourth-order valence-corrected chi connectivity index (χ4v) is 4.91. The molecule has 0 saturated heterocycles. The van der Waals surface area contributed by atoms with Gasteiger partial charge in [0.25, 0.3) is 0 Å². The van der Waals surface area contributed by atoms with Crippen LogP contribution in [-0.4, -0.2) is 33.8 Å². The Morgan fingerprint density at radius 2 is 1.47 bits per heavy atom. The van der Waals surface area contributed by atoms with Crippen LogP contribution < -0.4 is 5.69 Å². The van der Waals surface area contributed by atoms with Crippen LogP contribution in [0.5, 0.6) is 0 Å². The molecule has 1 N–H and O–H groups in total. The van der Waals surface area contributed by atoms with Crippen LogP contribution in [0.3, 0.4) is 0 Å². The second kappa shape index (κ2) is 8.64. The van der Waals surface area contributed by atoms with Crippen LogP contribution in [0.25, 0.3) is 11.4 Å². The topological polar surface area (TPSA) is 111 Å². The maximum Gasteiger partial charge on any atom is 0.347 e. The lowest BCUT2D eigenvalue weighted by Gasteiger charge is -2.12. The first kappa shape index (κ1) is 21.3. The average Bonchev–Trinajstić information content (AvgIpc) is 3.10. The highest BCUT2D eigenvalue weighted by Crippen LogP contribution is 2.25. The van der Waals surface area contributed by atoms with Gasteiger partial charge in [-0.25, -0.2) is 17.9 Å². The van der Waals surface area contributed by atoms with E-state index in [0.717, 1.165) is 4.68 Å². The summed E-state index contributed by atoms with van der Waals surface area (Å²) in [6, 6.07) is 23.3. The number of benzene rings is 3. The monoisotopic (exact) mass is 449 g/mol. The number of carbonyl (C=O) groups is 1. The zero-order chi connectivity index (χ0) is 22.7. The van der Waals surface area contributed by atoms with E-state index in [9.17, 15) is 18.0 Å². The van der Waals surface area contributed by atoms with Crippen molar-refractivity contribution >= 4 is 15.8 Å². The summed E-state index contributed by atoms with van der Waals surface area (Å²) in [5.41, 5.74) is 0.362. The second-order valence-electron chi connectivity index (χ2n) is 7.03. The normalized spacial score (nSPS) is 11.4. The maximum atomic E-state index is 13.2. The molecule has 9 heteroatoms. The molecule has 1 heterocycles. The molecule has 0 radical (unpaired) electrons. The van der Waals surface area contributed by atoms with Gasteiger partial charge < -0.3 is 5.11 Å². The van der Waals surface area contributed by atoms with E-state index in [1.54, 1.807) is 60.7 Å². The number of carboxylic acid groups (broad SMARTS) is 1. The summed E-state index contributed by atoms with van der Waals surface area (Å²) in [6.07, 6.45) is 0. The summed E-state index contributed by atoms with van der Waals surface area (Å²) < 4.78 is 28.6. The Hall–Kier alpha value is -3.98. The van der Waals surface area contributed by atoms with Gasteiger partial charge in [-0.1, -0.05) is 66.7 Å². The van der Waals surface area contributed by atoms with E-state index in [4.69, 9.17) is 5.11 Å². The fraction of sp³-hybridized carbons (Fsp3) is 0.0870. The van der Waals surface area contributed by atoms with Gasteiger partial charge in [-0.05, 0) is 23.8 Å². The molecule has 0 aliphatic heterocycles. The summed E-state index contributed by atoms with van der Waals surface area (Å²) >= 11 is 0. The van der Waals surface area contributed by atoms with Gasteiger partial charge in [0.1, 0.15) is 6.54 Å². The quantitative estimate of drug-likeness (QED) is 0.464. The molecular weight excluding hydrogens is 430 g/mol. The average molecular weight is 449 g/mol. The van der Waals surface area contributed by atoms with E-state index in [-0.39, 0.29) is 22.2 Å². The van der Waals surface area contributed by atoms with Crippen molar-refractivity contribution in [3.63, 3.8) is 0 Å². The van der Waals surface area contributed by atoms with Gasteiger partial charge in [0.2, 0.25) is 9.84 Å². The standard InChI is InChI=1S/C23H19N3O5S/c27-21(28)16-26-23(29)25(22(24-26)17-9-3-1-4-10-17)15-18-11-7-8-14-20(18)32(30,31)19-12-5-2-6-13-19/h1-14H,15-16H2,(H,27,28). The highest BCUT2D eigenvalue weighted by molar-refractivity contribution is 7.91. The number of rotatable bonds is 7. The third-order valence-electron chi connectivity index (χ3n) is 4.88. The molecule has 0 bridgehead atoms. The van der Waals surface area contributed by atoms with E-state index in [2.05, 4.69) is 5.10 Å². The van der Waals surface area contributed by atoms with E-state index in [1.165, 1.54) is 22.8 Å². The Morgan fingerprint density at radius 3 is 2.12 bits per heavy atom. The summed E-state index contributed by atoms with van der Waals surface area (Å²) in [4.78, 5) is 24.4. The number of carboxylic acids is 1. The van der Waals surface area contributed by atoms with Gasteiger partial charge in [0.15, 0.2) is 5.82 Å². The summed E-state index contributed by atoms with van der Waals surface area (Å²) in [6.45, 7) is -0.694. The molecule has 4 rings (SSSR count). The number of hydrogen-bond donors (Lipinski definition) is 1. The van der Waals surface area contributed by atoms with Crippen molar-refractivity contribution in [2.45, 2.75) is 22.9 Å². The number of nitrogens with zero attached hydrogens (tertiary/aromatic N) is 3. The molecule has 0 atom stereocenters. The van der Waals surface area contributed by atoms with Crippen LogP contribution in [0, 0.1) is 0 Å². The van der Waals surface area contributed by atoms with Crippen molar-refractivity contribution in [1.29, 1.82) is 0 Å². The van der Waals surface area contributed by atoms with Crippen LogP contribution in [-0.2, 0) is 27.7 Å². The van der Waals surface area contributed by atoms with Crippen molar-refractivity contribution in [3.8, 4) is 11.4 Å². The van der Waals surface area contributed by atoms with Gasteiger partial charge in [0.05, 0.1) is 16.3 Å². The second-order valence-corrected chi connectivity index (χ2v) is 8.95. The van der Waals surface area contributed by atoms with E-state index in [1.807, 2.05) is 6.07 Å². The van der Waals surface area contributed by atoms with Crippen LogP contribution in [0.15, 0.2) is 99.5 Å². The Kier molecular flexibility index (Phi) is 5.74. The molecule has 0 spiro atoms. The molecule has 0 unspecified atom stereocenters. The van der Waals surface area contributed by atoms with Crippen molar-refractivity contribution in [3.05, 3.63) is 101 Å². The minimum Gasteiger partial charge on any atom is -0.480 e. The first-order valence-corrected chi connectivity index (χ1v) is 11.2. The number of aliphatic carboxylic acids is 1. The predicted molar refractivity (Wildman–Crippen MR) is 117 cm³/mol. The first-order chi connectivity index (χ1) is 15.4. The van der Waals surface area contributed by atoms with Gasteiger partial charge in [-0.2, -0.15) is 0 Å². The van der Waals surface area contributed by atoms with Crippen molar-refractivity contribution < 1.29 is 18.3 Å². The third kappa shape index (κ3) is 4.10. The molecule has 32 heavy (non-hydrogen) atoms. The molecule has 8 nitrogen and oxygen atoms in total. The summed E-state index contributed by atoms with van der Waals surface area (Å²) in [5, 5.41) is 13.3. The fourth-order valence-electron chi connectivity index (χ4n) is 3.41. The minimum atomic E-state index is -3.83. The van der Waals surface area contributed by atoms with E-state index >= 15 is 0 Å². The Balaban J connectivity index is 1.85. The maximum absolute atomic E-state index is 13.2. The molecule has 0 aliphatic rings. The lowest BCUT2D eigenvalue weighted by atomic mass is 10.2. The molecule has 162 valence electrons. The number of aromatic nitrogens is 3. The zero-order valence-electron chi connectivity index (χ0n) is 16.8. The Labute approximate surface area is 183 Å². The SMILES string of the molecule is O=C(O)Cn1nc(-c2ccccc2)n(Cc2ccccc2S(=O)(=O)c2ccccc2)c1=O. The third-order valence-corrected chi connectivity index (χ3v) is 6.75. The first-order valence-electron chi connectivity index (χ1n) is 9.71. The van der Waals surface area contributed by atoms with Crippen molar-refractivity contribution in [2.24, 2.45) is 0 Å². The molecule has 0 fully saturated rings. The summed E-state index contributed by atoms with van der Waals surface area (Å²) in [5.74, 6) is -0.952. The highest BCUT2D eigenvalue weighted by atomic mass is 32.2. The van der Waals surface area contributed by atoms with Crippen LogP contribution in [0.1, 0.15) is 5.56 Å². The van der Waals surface area contributed by atoms with Crippen LogP contribution >= 0.6 is 0 Å². The molecular formula is C23H19N3O5S. The van der Waals surface area contributed by atoms with Crippen LogP contribution in [0.2, 0.25) is 0 Å². The summed E-state index contributed by atoms with van der Waals surface area (Å²) in [7, 11) is -3.83. The highest BCUT2D eigenvalue weighted by Gasteiger charge is 2.23. The zero-order valence-corrected chi connectivity index (χ0v) is 17.6. The van der Waals surface area contributed by atoms with Crippen LogP contribution in [0.4, 0.5) is 0 Å². The smallest absolute Gasteiger partial charge is 0.347 e. The lowest BCUT2D eigenvalue weighted by Crippen LogP contribution is -2.28. The molecule has 0 saturated carbocycles. The van der Waals surface area contributed by atoms with Crippen molar-refractivity contribution in [2.75, 3.05) is 0 Å². The molecule has 3 aromatic carbocycles. The van der Waals surface area contributed by atoms with Gasteiger partial charge in [0, 0.05) is 5.56 Å².